The van der Waals surface area contributed by atoms with Crippen molar-refractivity contribution in [3.05, 3.63) is 0 Å². The van der Waals surface area contributed by atoms with Crippen LogP contribution in [0.25, 0.3) is 0 Å². The van der Waals surface area contributed by atoms with Gasteiger partial charge in [-0.15, -0.1) is 0 Å². The Morgan fingerprint density at radius 1 is 0.500 bits per heavy atom. The van der Waals surface area contributed by atoms with Crippen LogP contribution in [0.5, 0.6) is 0 Å². The Labute approximate surface area is 177 Å². The van der Waals surface area contributed by atoms with E-state index in [-0.39, 0.29) is 0 Å². The van der Waals surface area contributed by atoms with Gasteiger partial charge in [-0.05, 0) is 19.3 Å². The molecule has 0 aliphatic rings. The molecule has 0 saturated carbocycles. The molecule has 0 saturated heterocycles. The highest BCUT2D eigenvalue weighted by Crippen LogP contribution is 2.37. The van der Waals surface area contributed by atoms with Crippen molar-refractivity contribution >= 4 is 5.97 Å². The molecule has 0 spiro atoms. The van der Waals surface area contributed by atoms with Gasteiger partial charge in [0, 0.05) is 0 Å². The summed E-state index contributed by atoms with van der Waals surface area (Å²) in [6, 6.07) is 0. The minimum absolute atomic E-state index is 0.441. The third-order valence-electron chi connectivity index (χ3n) is 6.48. The van der Waals surface area contributed by atoms with Gasteiger partial charge in [-0.3, -0.25) is 4.79 Å². The molecule has 0 amide bonds. The van der Waals surface area contributed by atoms with Gasteiger partial charge in [-0.1, -0.05) is 136 Å². The minimum atomic E-state index is -0.538. The summed E-state index contributed by atoms with van der Waals surface area (Å²) in [5, 5.41) is 9.88. The molecule has 0 aromatic carbocycles. The highest BCUT2D eigenvalue weighted by molar-refractivity contribution is 5.74. The Morgan fingerprint density at radius 3 is 1.11 bits per heavy atom. The van der Waals surface area contributed by atoms with Gasteiger partial charge in [0.15, 0.2) is 0 Å². The quantitative estimate of drug-likeness (QED) is 0.185. The fourth-order valence-corrected chi connectivity index (χ4v) is 4.38. The van der Waals surface area contributed by atoms with Crippen LogP contribution in [0.4, 0.5) is 0 Å². The molecule has 0 unspecified atom stereocenters. The SMILES string of the molecule is CCCCCCCCCCCCCCCCC(CCCC)(CCCC)C(=O)O. The summed E-state index contributed by atoms with van der Waals surface area (Å²) in [4.78, 5) is 12.0. The first kappa shape index (κ1) is 27.5. The van der Waals surface area contributed by atoms with E-state index in [9.17, 15) is 9.90 Å². The van der Waals surface area contributed by atoms with Crippen molar-refractivity contribution in [2.45, 2.75) is 156 Å². The lowest BCUT2D eigenvalue weighted by Gasteiger charge is -2.29. The molecule has 0 radical (unpaired) electrons. The molecule has 0 fully saturated rings. The Balaban J connectivity index is 3.74. The van der Waals surface area contributed by atoms with Crippen molar-refractivity contribution in [2.24, 2.45) is 5.41 Å². The molecule has 0 aromatic rings. The zero-order valence-electron chi connectivity index (χ0n) is 19.7. The molecule has 0 atom stereocenters. The van der Waals surface area contributed by atoms with Crippen LogP contribution in [0, 0.1) is 5.41 Å². The maximum atomic E-state index is 12.0. The van der Waals surface area contributed by atoms with E-state index in [1.165, 1.54) is 83.5 Å². The smallest absolute Gasteiger partial charge is 0.309 e. The van der Waals surface area contributed by atoms with Gasteiger partial charge in [-0.2, -0.15) is 0 Å². The van der Waals surface area contributed by atoms with Gasteiger partial charge < -0.3 is 5.11 Å². The van der Waals surface area contributed by atoms with E-state index < -0.39 is 11.4 Å². The molecule has 0 aromatic heterocycles. The second-order valence-corrected chi connectivity index (χ2v) is 9.14. The van der Waals surface area contributed by atoms with Crippen molar-refractivity contribution in [3.8, 4) is 0 Å². The van der Waals surface area contributed by atoms with Crippen LogP contribution in [0.15, 0.2) is 0 Å². The van der Waals surface area contributed by atoms with Crippen LogP contribution < -0.4 is 0 Å². The monoisotopic (exact) mass is 396 g/mol. The zero-order valence-corrected chi connectivity index (χ0v) is 19.7. The average molecular weight is 397 g/mol. The van der Waals surface area contributed by atoms with Crippen LogP contribution in [0.1, 0.15) is 156 Å². The van der Waals surface area contributed by atoms with Crippen LogP contribution in [-0.2, 0) is 4.79 Å². The standard InChI is InChI=1S/C26H52O2/c1-4-7-10-11-12-13-14-15-16-17-18-19-20-21-24-26(25(27)28,22-8-5-2)23-9-6-3/h4-24H2,1-3H3,(H,27,28). The molecule has 28 heavy (non-hydrogen) atoms. The van der Waals surface area contributed by atoms with E-state index in [1.54, 1.807) is 0 Å². The maximum Gasteiger partial charge on any atom is 0.309 e. The number of carboxylic acid groups (broad SMARTS) is 1. The van der Waals surface area contributed by atoms with Gasteiger partial charge in [0.25, 0.3) is 0 Å². The van der Waals surface area contributed by atoms with Crippen molar-refractivity contribution < 1.29 is 9.90 Å². The van der Waals surface area contributed by atoms with Gasteiger partial charge in [0.1, 0.15) is 0 Å². The first-order valence-electron chi connectivity index (χ1n) is 12.9. The molecule has 168 valence electrons. The van der Waals surface area contributed by atoms with Gasteiger partial charge in [0.05, 0.1) is 5.41 Å². The summed E-state index contributed by atoms with van der Waals surface area (Å²) in [6.07, 6.45) is 25.9. The fourth-order valence-electron chi connectivity index (χ4n) is 4.38. The van der Waals surface area contributed by atoms with Crippen LogP contribution in [0.3, 0.4) is 0 Å². The van der Waals surface area contributed by atoms with Gasteiger partial charge in [-0.25, -0.2) is 0 Å². The molecule has 1 N–H and O–H groups in total. The lowest BCUT2D eigenvalue weighted by atomic mass is 9.74. The third kappa shape index (κ3) is 14.5. The van der Waals surface area contributed by atoms with Crippen molar-refractivity contribution in [2.75, 3.05) is 0 Å². The predicted molar refractivity (Wildman–Crippen MR) is 124 cm³/mol. The van der Waals surface area contributed by atoms with Crippen molar-refractivity contribution in [1.82, 2.24) is 0 Å². The second-order valence-electron chi connectivity index (χ2n) is 9.14. The van der Waals surface area contributed by atoms with Crippen LogP contribution in [-0.4, -0.2) is 11.1 Å². The Kier molecular flexibility index (Phi) is 19.4. The van der Waals surface area contributed by atoms with E-state index in [4.69, 9.17) is 0 Å². The number of carboxylic acids is 1. The Hall–Kier alpha value is -0.530. The van der Waals surface area contributed by atoms with E-state index >= 15 is 0 Å². The number of aliphatic carboxylic acids is 1. The minimum Gasteiger partial charge on any atom is -0.481 e. The largest absolute Gasteiger partial charge is 0.481 e. The van der Waals surface area contributed by atoms with Crippen LogP contribution in [0.2, 0.25) is 0 Å². The zero-order chi connectivity index (χ0) is 20.9. The normalized spacial score (nSPS) is 11.8. The Morgan fingerprint density at radius 2 is 0.786 bits per heavy atom. The van der Waals surface area contributed by atoms with E-state index in [2.05, 4.69) is 20.8 Å². The predicted octanol–water partition coefficient (Wildman–Crippen LogP) is 9.31. The molecule has 0 bridgehead atoms. The number of rotatable bonds is 22. The van der Waals surface area contributed by atoms with Crippen LogP contribution >= 0.6 is 0 Å². The molecular weight excluding hydrogens is 344 g/mol. The van der Waals surface area contributed by atoms with E-state index in [0.29, 0.717) is 0 Å². The maximum absolute atomic E-state index is 12.0. The number of carbonyl (C=O) groups is 1. The summed E-state index contributed by atoms with van der Waals surface area (Å²) >= 11 is 0. The highest BCUT2D eigenvalue weighted by Gasteiger charge is 2.36. The summed E-state index contributed by atoms with van der Waals surface area (Å²) in [5.74, 6) is -0.538. The molecule has 2 heteroatoms. The average Bonchev–Trinajstić information content (AvgIpc) is 2.69. The number of hydrogen-bond donors (Lipinski definition) is 1. The van der Waals surface area contributed by atoms with Crippen molar-refractivity contribution in [1.29, 1.82) is 0 Å². The summed E-state index contributed by atoms with van der Waals surface area (Å²) in [6.45, 7) is 6.61. The molecule has 0 heterocycles. The highest BCUT2D eigenvalue weighted by atomic mass is 16.4. The molecule has 0 aliphatic heterocycles. The van der Waals surface area contributed by atoms with Gasteiger partial charge in [0.2, 0.25) is 0 Å². The topological polar surface area (TPSA) is 37.3 Å². The Bertz CT molecular complexity index is 329. The number of hydrogen-bond acceptors (Lipinski definition) is 1. The summed E-state index contributed by atoms with van der Waals surface area (Å²) in [7, 11) is 0. The molecule has 0 aliphatic carbocycles. The van der Waals surface area contributed by atoms with Gasteiger partial charge >= 0.3 is 5.97 Å². The lowest BCUT2D eigenvalue weighted by molar-refractivity contribution is -0.150. The van der Waals surface area contributed by atoms with E-state index in [1.807, 2.05) is 0 Å². The number of unbranched alkanes of at least 4 members (excludes halogenated alkanes) is 15. The van der Waals surface area contributed by atoms with E-state index in [0.717, 1.165) is 51.4 Å². The first-order chi connectivity index (χ1) is 13.6. The molecule has 0 rings (SSSR count). The fraction of sp³-hybridized carbons (Fsp3) is 0.962. The first-order valence-corrected chi connectivity index (χ1v) is 12.9. The lowest BCUT2D eigenvalue weighted by Crippen LogP contribution is -2.31. The third-order valence-corrected chi connectivity index (χ3v) is 6.48. The molecule has 2 nitrogen and oxygen atoms in total. The molecular formula is C26H52O2. The second kappa shape index (κ2) is 19.8. The summed E-state index contributed by atoms with van der Waals surface area (Å²) in [5.41, 5.74) is -0.441. The van der Waals surface area contributed by atoms with Crippen molar-refractivity contribution in [3.63, 3.8) is 0 Å². The summed E-state index contributed by atoms with van der Waals surface area (Å²) < 4.78 is 0.